The fourth-order valence-electron chi connectivity index (χ4n) is 2.01. The standard InChI is InChI=1S/C13H19FO/c1-3-5-10(2)13(9-15)11-6-4-7-12(14)8-11/h4,6-8,10,13,15H,3,5,9H2,1-2H3. The highest BCUT2D eigenvalue weighted by molar-refractivity contribution is 5.21. The molecule has 1 aromatic rings. The van der Waals surface area contributed by atoms with Crippen LogP contribution in [0, 0.1) is 11.7 Å². The molecule has 0 amide bonds. The van der Waals surface area contributed by atoms with Crippen molar-refractivity contribution in [3.05, 3.63) is 35.6 Å². The molecule has 1 rings (SSSR count). The van der Waals surface area contributed by atoms with Gasteiger partial charge in [0.15, 0.2) is 0 Å². The molecule has 0 spiro atoms. The van der Waals surface area contributed by atoms with Gasteiger partial charge in [-0.1, -0.05) is 38.8 Å². The van der Waals surface area contributed by atoms with E-state index in [1.54, 1.807) is 6.07 Å². The van der Waals surface area contributed by atoms with Crippen molar-refractivity contribution >= 4 is 0 Å². The van der Waals surface area contributed by atoms with E-state index in [9.17, 15) is 9.50 Å². The maximum Gasteiger partial charge on any atom is 0.123 e. The summed E-state index contributed by atoms with van der Waals surface area (Å²) in [6.07, 6.45) is 2.15. The highest BCUT2D eigenvalue weighted by atomic mass is 19.1. The first-order chi connectivity index (χ1) is 7.19. The fraction of sp³-hybridized carbons (Fsp3) is 0.538. The topological polar surface area (TPSA) is 20.2 Å². The second-order valence-corrected chi connectivity index (χ2v) is 4.11. The predicted octanol–water partition coefficient (Wildman–Crippen LogP) is 3.34. The lowest BCUT2D eigenvalue weighted by atomic mass is 9.85. The predicted molar refractivity (Wildman–Crippen MR) is 60.3 cm³/mol. The van der Waals surface area contributed by atoms with Crippen molar-refractivity contribution in [1.82, 2.24) is 0 Å². The Hall–Kier alpha value is -0.890. The van der Waals surface area contributed by atoms with Gasteiger partial charge in [0.25, 0.3) is 0 Å². The molecule has 0 aromatic heterocycles. The Bertz CT molecular complexity index is 298. The molecule has 1 N–H and O–H groups in total. The Morgan fingerprint density at radius 2 is 2.13 bits per heavy atom. The van der Waals surface area contributed by atoms with Crippen LogP contribution in [0.3, 0.4) is 0 Å². The molecule has 0 radical (unpaired) electrons. The van der Waals surface area contributed by atoms with Gasteiger partial charge in [-0.2, -0.15) is 0 Å². The van der Waals surface area contributed by atoms with Crippen LogP contribution in [-0.4, -0.2) is 11.7 Å². The highest BCUT2D eigenvalue weighted by Gasteiger charge is 2.17. The van der Waals surface area contributed by atoms with E-state index in [1.165, 1.54) is 12.1 Å². The lowest BCUT2D eigenvalue weighted by Gasteiger charge is -2.22. The van der Waals surface area contributed by atoms with Crippen LogP contribution in [0.1, 0.15) is 38.2 Å². The molecule has 0 bridgehead atoms. The lowest BCUT2D eigenvalue weighted by molar-refractivity contribution is 0.225. The normalized spacial score (nSPS) is 14.9. The maximum absolute atomic E-state index is 13.0. The zero-order valence-electron chi connectivity index (χ0n) is 9.41. The zero-order valence-corrected chi connectivity index (χ0v) is 9.41. The summed E-state index contributed by atoms with van der Waals surface area (Å²) in [5.41, 5.74) is 0.901. The van der Waals surface area contributed by atoms with Crippen molar-refractivity contribution in [2.24, 2.45) is 5.92 Å². The van der Waals surface area contributed by atoms with E-state index in [2.05, 4.69) is 13.8 Å². The summed E-state index contributed by atoms with van der Waals surface area (Å²) < 4.78 is 13.0. The van der Waals surface area contributed by atoms with Crippen LogP contribution in [0.4, 0.5) is 4.39 Å². The monoisotopic (exact) mass is 210 g/mol. The molecular formula is C13H19FO. The first kappa shape index (κ1) is 12.2. The molecule has 0 heterocycles. The van der Waals surface area contributed by atoms with Crippen LogP contribution in [0.2, 0.25) is 0 Å². The van der Waals surface area contributed by atoms with E-state index >= 15 is 0 Å². The molecule has 0 saturated carbocycles. The number of hydrogen-bond donors (Lipinski definition) is 1. The summed E-state index contributed by atoms with van der Waals surface area (Å²) in [6, 6.07) is 6.54. The molecule has 0 saturated heterocycles. The molecule has 0 fully saturated rings. The van der Waals surface area contributed by atoms with Crippen LogP contribution in [-0.2, 0) is 0 Å². The Labute approximate surface area is 90.9 Å². The largest absolute Gasteiger partial charge is 0.396 e. The molecule has 0 aliphatic heterocycles. The Kier molecular flexibility index (Phi) is 4.76. The molecule has 15 heavy (non-hydrogen) atoms. The molecule has 0 aliphatic carbocycles. The SMILES string of the molecule is CCCC(C)C(CO)c1cccc(F)c1. The molecule has 2 atom stereocenters. The molecule has 84 valence electrons. The number of aliphatic hydroxyl groups is 1. The van der Waals surface area contributed by atoms with E-state index in [-0.39, 0.29) is 18.3 Å². The summed E-state index contributed by atoms with van der Waals surface area (Å²) in [5, 5.41) is 9.34. The smallest absolute Gasteiger partial charge is 0.123 e. The van der Waals surface area contributed by atoms with Crippen molar-refractivity contribution < 1.29 is 9.50 Å². The van der Waals surface area contributed by atoms with Crippen LogP contribution in [0.15, 0.2) is 24.3 Å². The van der Waals surface area contributed by atoms with Crippen molar-refractivity contribution in [3.63, 3.8) is 0 Å². The van der Waals surface area contributed by atoms with E-state index in [0.29, 0.717) is 5.92 Å². The number of halogens is 1. The van der Waals surface area contributed by atoms with Gasteiger partial charge in [-0.05, 0) is 23.6 Å². The van der Waals surface area contributed by atoms with E-state index in [1.807, 2.05) is 6.07 Å². The molecule has 0 aliphatic rings. The van der Waals surface area contributed by atoms with Crippen LogP contribution in [0.5, 0.6) is 0 Å². The summed E-state index contributed by atoms with van der Waals surface area (Å²) >= 11 is 0. The molecule has 1 nitrogen and oxygen atoms in total. The third-order valence-electron chi connectivity index (χ3n) is 2.90. The zero-order chi connectivity index (χ0) is 11.3. The average Bonchev–Trinajstić information content (AvgIpc) is 2.19. The second kappa shape index (κ2) is 5.86. The fourth-order valence-corrected chi connectivity index (χ4v) is 2.01. The summed E-state index contributed by atoms with van der Waals surface area (Å²) in [5.74, 6) is 0.220. The van der Waals surface area contributed by atoms with E-state index in [0.717, 1.165) is 18.4 Å². The van der Waals surface area contributed by atoms with Gasteiger partial charge in [0.05, 0.1) is 6.61 Å². The van der Waals surface area contributed by atoms with Gasteiger partial charge in [-0.25, -0.2) is 4.39 Å². The molecule has 2 unspecified atom stereocenters. The summed E-state index contributed by atoms with van der Waals surface area (Å²) in [7, 11) is 0. The average molecular weight is 210 g/mol. The van der Waals surface area contributed by atoms with Gasteiger partial charge in [0.2, 0.25) is 0 Å². The quantitative estimate of drug-likeness (QED) is 0.790. The third-order valence-corrected chi connectivity index (χ3v) is 2.90. The molecule has 1 aromatic carbocycles. The van der Waals surface area contributed by atoms with Crippen molar-refractivity contribution in [3.8, 4) is 0 Å². The van der Waals surface area contributed by atoms with Crippen LogP contribution >= 0.6 is 0 Å². The molecule has 2 heteroatoms. The van der Waals surface area contributed by atoms with Gasteiger partial charge in [-0.15, -0.1) is 0 Å². The minimum Gasteiger partial charge on any atom is -0.396 e. The highest BCUT2D eigenvalue weighted by Crippen LogP contribution is 2.27. The second-order valence-electron chi connectivity index (χ2n) is 4.11. The van der Waals surface area contributed by atoms with Crippen molar-refractivity contribution in [2.45, 2.75) is 32.6 Å². The van der Waals surface area contributed by atoms with Gasteiger partial charge in [-0.3, -0.25) is 0 Å². The maximum atomic E-state index is 13.0. The van der Waals surface area contributed by atoms with Crippen LogP contribution < -0.4 is 0 Å². The summed E-state index contributed by atoms with van der Waals surface area (Å²) in [6.45, 7) is 4.32. The first-order valence-electron chi connectivity index (χ1n) is 5.55. The van der Waals surface area contributed by atoms with Crippen LogP contribution in [0.25, 0.3) is 0 Å². The number of rotatable bonds is 5. The summed E-state index contributed by atoms with van der Waals surface area (Å²) in [4.78, 5) is 0. The van der Waals surface area contributed by atoms with Gasteiger partial charge in [0, 0.05) is 5.92 Å². The molecular weight excluding hydrogens is 191 g/mol. The van der Waals surface area contributed by atoms with E-state index < -0.39 is 0 Å². The number of aliphatic hydroxyl groups excluding tert-OH is 1. The van der Waals surface area contributed by atoms with Gasteiger partial charge >= 0.3 is 0 Å². The first-order valence-corrected chi connectivity index (χ1v) is 5.55. The Morgan fingerprint density at radius 3 is 2.67 bits per heavy atom. The Balaban J connectivity index is 2.82. The van der Waals surface area contributed by atoms with E-state index in [4.69, 9.17) is 0 Å². The van der Waals surface area contributed by atoms with Crippen molar-refractivity contribution in [1.29, 1.82) is 0 Å². The lowest BCUT2D eigenvalue weighted by Crippen LogP contribution is -2.14. The van der Waals surface area contributed by atoms with Gasteiger partial charge in [0.1, 0.15) is 5.82 Å². The minimum atomic E-state index is -0.227. The number of hydrogen-bond acceptors (Lipinski definition) is 1. The third kappa shape index (κ3) is 3.31. The minimum absolute atomic E-state index is 0.0562. The van der Waals surface area contributed by atoms with Crippen molar-refractivity contribution in [2.75, 3.05) is 6.61 Å². The Morgan fingerprint density at radius 1 is 1.40 bits per heavy atom. The van der Waals surface area contributed by atoms with Gasteiger partial charge < -0.3 is 5.11 Å². The number of benzene rings is 1.